The Balaban J connectivity index is 1.60. The summed E-state index contributed by atoms with van der Waals surface area (Å²) in [7, 11) is 0. The molecule has 0 atom stereocenters. The van der Waals surface area contributed by atoms with Crippen LogP contribution in [0.4, 0.5) is 10.5 Å². The third kappa shape index (κ3) is 4.38. The van der Waals surface area contributed by atoms with Crippen molar-refractivity contribution in [3.63, 3.8) is 0 Å². The van der Waals surface area contributed by atoms with Crippen LogP contribution in [0.5, 0.6) is 5.75 Å². The van der Waals surface area contributed by atoms with E-state index in [1.54, 1.807) is 18.2 Å². The summed E-state index contributed by atoms with van der Waals surface area (Å²) in [6, 6.07) is 22.4. The van der Waals surface area contributed by atoms with Crippen LogP contribution in [0.1, 0.15) is 11.1 Å². The van der Waals surface area contributed by atoms with E-state index >= 15 is 0 Å². The lowest BCUT2D eigenvalue weighted by atomic mass is 10.0. The monoisotopic (exact) mass is 333 g/mol. The second-order valence-corrected chi connectivity index (χ2v) is 5.77. The number of aryl methyl sites for hydroxylation is 1. The number of aromatic hydroxyl groups is 1. The predicted octanol–water partition coefficient (Wildman–Crippen LogP) is 5.12. The van der Waals surface area contributed by atoms with Gasteiger partial charge in [0.25, 0.3) is 0 Å². The van der Waals surface area contributed by atoms with E-state index in [9.17, 15) is 9.90 Å². The van der Waals surface area contributed by atoms with Crippen molar-refractivity contribution < 1.29 is 14.6 Å². The molecule has 2 N–H and O–H groups in total. The number of anilines is 1. The van der Waals surface area contributed by atoms with Gasteiger partial charge in [-0.25, -0.2) is 4.79 Å². The summed E-state index contributed by atoms with van der Waals surface area (Å²) < 4.78 is 5.19. The molecular formula is C21H19NO3. The first-order chi connectivity index (χ1) is 12.1. The van der Waals surface area contributed by atoms with Crippen molar-refractivity contribution in [3.05, 3.63) is 83.9 Å². The van der Waals surface area contributed by atoms with Crippen LogP contribution in [0.2, 0.25) is 0 Å². The zero-order valence-electron chi connectivity index (χ0n) is 13.9. The Morgan fingerprint density at radius 1 is 0.960 bits per heavy atom. The standard InChI is InChI=1S/C21H19NO3/c1-15-7-8-18(13-20(15)23)17-9-11-19(12-10-17)22-21(24)25-14-16-5-3-2-4-6-16/h2-13,23H,14H2,1H3,(H,22,24). The molecule has 0 bridgehead atoms. The Hall–Kier alpha value is -3.27. The number of benzene rings is 3. The van der Waals surface area contributed by atoms with Gasteiger partial charge in [-0.1, -0.05) is 54.6 Å². The molecule has 0 aliphatic carbocycles. The Morgan fingerprint density at radius 2 is 1.64 bits per heavy atom. The molecule has 0 aliphatic rings. The summed E-state index contributed by atoms with van der Waals surface area (Å²) in [6.07, 6.45) is -0.496. The van der Waals surface area contributed by atoms with Crippen molar-refractivity contribution >= 4 is 11.8 Å². The lowest BCUT2D eigenvalue weighted by molar-refractivity contribution is 0.155. The Kier molecular flexibility index (Phi) is 5.00. The minimum atomic E-state index is -0.496. The fourth-order valence-electron chi connectivity index (χ4n) is 2.41. The Morgan fingerprint density at radius 3 is 2.32 bits per heavy atom. The van der Waals surface area contributed by atoms with Gasteiger partial charge in [-0.15, -0.1) is 0 Å². The van der Waals surface area contributed by atoms with E-state index in [0.29, 0.717) is 5.69 Å². The molecule has 3 rings (SSSR count). The predicted molar refractivity (Wildman–Crippen MR) is 98.5 cm³/mol. The van der Waals surface area contributed by atoms with Crippen LogP contribution in [-0.4, -0.2) is 11.2 Å². The van der Waals surface area contributed by atoms with Gasteiger partial charge in [0.15, 0.2) is 0 Å². The highest BCUT2D eigenvalue weighted by Gasteiger charge is 2.05. The summed E-state index contributed by atoms with van der Waals surface area (Å²) in [4.78, 5) is 11.9. The molecule has 126 valence electrons. The normalized spacial score (nSPS) is 10.3. The second kappa shape index (κ2) is 7.53. The number of hydrogen-bond acceptors (Lipinski definition) is 3. The molecular weight excluding hydrogens is 314 g/mol. The Labute approximate surface area is 146 Å². The van der Waals surface area contributed by atoms with Gasteiger partial charge in [0.1, 0.15) is 12.4 Å². The van der Waals surface area contributed by atoms with E-state index in [-0.39, 0.29) is 12.4 Å². The lowest BCUT2D eigenvalue weighted by Crippen LogP contribution is -2.13. The van der Waals surface area contributed by atoms with E-state index < -0.39 is 6.09 Å². The number of ether oxygens (including phenoxy) is 1. The average Bonchev–Trinajstić information content (AvgIpc) is 2.64. The number of carbonyl (C=O) groups excluding carboxylic acids is 1. The summed E-state index contributed by atoms with van der Waals surface area (Å²) in [5, 5.41) is 12.5. The number of amides is 1. The van der Waals surface area contributed by atoms with E-state index in [4.69, 9.17) is 4.74 Å². The van der Waals surface area contributed by atoms with Crippen molar-refractivity contribution in [2.45, 2.75) is 13.5 Å². The first kappa shape index (κ1) is 16.6. The van der Waals surface area contributed by atoms with Crippen LogP contribution in [-0.2, 0) is 11.3 Å². The average molecular weight is 333 g/mol. The van der Waals surface area contributed by atoms with Crippen LogP contribution in [0, 0.1) is 6.92 Å². The van der Waals surface area contributed by atoms with Gasteiger partial charge < -0.3 is 9.84 Å². The molecule has 0 spiro atoms. The maximum Gasteiger partial charge on any atom is 0.411 e. The molecule has 0 saturated heterocycles. The van der Waals surface area contributed by atoms with Crippen LogP contribution in [0.25, 0.3) is 11.1 Å². The summed E-state index contributed by atoms with van der Waals surface area (Å²) in [5.74, 6) is 0.268. The van der Waals surface area contributed by atoms with Gasteiger partial charge in [-0.05, 0) is 47.4 Å². The largest absolute Gasteiger partial charge is 0.508 e. The molecule has 25 heavy (non-hydrogen) atoms. The highest BCUT2D eigenvalue weighted by atomic mass is 16.5. The molecule has 0 fully saturated rings. The number of hydrogen-bond donors (Lipinski definition) is 2. The smallest absolute Gasteiger partial charge is 0.411 e. The minimum Gasteiger partial charge on any atom is -0.508 e. The summed E-state index contributed by atoms with van der Waals surface area (Å²) >= 11 is 0. The van der Waals surface area contributed by atoms with Crippen molar-refractivity contribution in [3.8, 4) is 16.9 Å². The first-order valence-electron chi connectivity index (χ1n) is 7.99. The van der Waals surface area contributed by atoms with Crippen molar-refractivity contribution in [1.29, 1.82) is 0 Å². The number of phenolic OH excluding ortho intramolecular Hbond substituents is 1. The molecule has 0 heterocycles. The molecule has 3 aromatic rings. The van der Waals surface area contributed by atoms with E-state index in [1.807, 2.05) is 61.5 Å². The highest BCUT2D eigenvalue weighted by Crippen LogP contribution is 2.27. The molecule has 0 aromatic heterocycles. The first-order valence-corrected chi connectivity index (χ1v) is 7.99. The molecule has 4 heteroatoms. The minimum absolute atomic E-state index is 0.230. The van der Waals surface area contributed by atoms with E-state index in [1.165, 1.54) is 0 Å². The summed E-state index contributed by atoms with van der Waals surface area (Å²) in [6.45, 7) is 2.08. The van der Waals surface area contributed by atoms with Gasteiger partial charge >= 0.3 is 6.09 Å². The van der Waals surface area contributed by atoms with Crippen LogP contribution < -0.4 is 5.32 Å². The lowest BCUT2D eigenvalue weighted by Gasteiger charge is -2.09. The molecule has 4 nitrogen and oxygen atoms in total. The number of rotatable bonds is 4. The third-order valence-corrected chi connectivity index (χ3v) is 3.89. The van der Waals surface area contributed by atoms with Crippen LogP contribution in [0.15, 0.2) is 72.8 Å². The zero-order chi connectivity index (χ0) is 17.6. The molecule has 0 saturated carbocycles. The van der Waals surface area contributed by atoms with Gasteiger partial charge in [-0.3, -0.25) is 5.32 Å². The van der Waals surface area contributed by atoms with Crippen molar-refractivity contribution in [2.75, 3.05) is 5.32 Å². The van der Waals surface area contributed by atoms with Crippen LogP contribution in [0.3, 0.4) is 0 Å². The number of nitrogens with one attached hydrogen (secondary N) is 1. The molecule has 3 aromatic carbocycles. The Bertz CT molecular complexity index is 858. The SMILES string of the molecule is Cc1ccc(-c2ccc(NC(=O)OCc3ccccc3)cc2)cc1O. The summed E-state index contributed by atoms with van der Waals surface area (Å²) in [5.41, 5.74) is 4.30. The van der Waals surface area contributed by atoms with E-state index in [0.717, 1.165) is 22.3 Å². The van der Waals surface area contributed by atoms with E-state index in [2.05, 4.69) is 5.32 Å². The topological polar surface area (TPSA) is 58.6 Å². The maximum atomic E-state index is 11.9. The van der Waals surface area contributed by atoms with Crippen molar-refractivity contribution in [1.82, 2.24) is 0 Å². The molecule has 0 radical (unpaired) electrons. The fraction of sp³-hybridized carbons (Fsp3) is 0.0952. The van der Waals surface area contributed by atoms with Crippen LogP contribution >= 0.6 is 0 Å². The maximum absolute atomic E-state index is 11.9. The number of carbonyl (C=O) groups is 1. The van der Waals surface area contributed by atoms with Gasteiger partial charge in [0.2, 0.25) is 0 Å². The molecule has 0 unspecified atom stereocenters. The molecule has 1 amide bonds. The fourth-order valence-corrected chi connectivity index (χ4v) is 2.41. The second-order valence-electron chi connectivity index (χ2n) is 5.77. The zero-order valence-corrected chi connectivity index (χ0v) is 13.9. The number of phenols is 1. The van der Waals surface area contributed by atoms with Gasteiger partial charge in [0.05, 0.1) is 0 Å². The highest BCUT2D eigenvalue weighted by molar-refractivity contribution is 5.85. The molecule has 0 aliphatic heterocycles. The van der Waals surface area contributed by atoms with Gasteiger partial charge in [-0.2, -0.15) is 0 Å². The third-order valence-electron chi connectivity index (χ3n) is 3.89. The van der Waals surface area contributed by atoms with Crippen molar-refractivity contribution in [2.24, 2.45) is 0 Å². The quantitative estimate of drug-likeness (QED) is 0.697. The van der Waals surface area contributed by atoms with Gasteiger partial charge in [0, 0.05) is 5.69 Å².